The average Bonchev–Trinajstić information content (AvgIpc) is 3.18. The van der Waals surface area contributed by atoms with Crippen LogP contribution in [0.4, 0.5) is 0 Å². The lowest BCUT2D eigenvalue weighted by molar-refractivity contribution is 0.516. The first-order chi connectivity index (χ1) is 10.3. The summed E-state index contributed by atoms with van der Waals surface area (Å²) in [5, 5.41) is 3.76. The number of furan rings is 1. The van der Waals surface area contributed by atoms with E-state index in [2.05, 4.69) is 10.3 Å². The zero-order valence-corrected chi connectivity index (χ0v) is 12.2. The molecule has 0 amide bonds. The Balaban J connectivity index is 1.84. The van der Waals surface area contributed by atoms with Gasteiger partial charge in [0.1, 0.15) is 11.3 Å². The van der Waals surface area contributed by atoms with Crippen LogP contribution in [0, 0.1) is 5.92 Å². The summed E-state index contributed by atoms with van der Waals surface area (Å²) in [7, 11) is 0. The molecule has 0 saturated carbocycles. The predicted molar refractivity (Wildman–Crippen MR) is 80.8 cm³/mol. The number of fused-ring (bicyclic) bond motifs is 1. The van der Waals surface area contributed by atoms with Gasteiger partial charge in [-0.1, -0.05) is 0 Å². The lowest BCUT2D eigenvalue weighted by Crippen LogP contribution is -2.13. The number of aromatic nitrogens is 3. The number of hydrogen-bond donors (Lipinski definition) is 1. The van der Waals surface area contributed by atoms with E-state index in [1.165, 1.54) is 6.42 Å². The van der Waals surface area contributed by atoms with Crippen LogP contribution in [0.3, 0.4) is 0 Å². The first kappa shape index (κ1) is 12.9. The number of nitrogens with zero attached hydrogens (tertiary/aromatic N) is 3. The van der Waals surface area contributed by atoms with E-state index in [4.69, 9.17) is 21.0 Å². The van der Waals surface area contributed by atoms with E-state index in [-0.39, 0.29) is 0 Å². The zero-order chi connectivity index (χ0) is 14.2. The Hall–Kier alpha value is -1.85. The molecule has 108 valence electrons. The lowest BCUT2D eigenvalue weighted by Gasteiger charge is -2.09. The number of pyridine rings is 1. The van der Waals surface area contributed by atoms with Crippen molar-refractivity contribution in [2.75, 3.05) is 13.1 Å². The third kappa shape index (κ3) is 2.32. The van der Waals surface area contributed by atoms with Gasteiger partial charge in [0.05, 0.1) is 0 Å². The second-order valence-corrected chi connectivity index (χ2v) is 5.72. The molecule has 3 aromatic rings. The van der Waals surface area contributed by atoms with E-state index < -0.39 is 0 Å². The van der Waals surface area contributed by atoms with Crippen molar-refractivity contribution in [3.63, 3.8) is 0 Å². The Morgan fingerprint density at radius 1 is 1.38 bits per heavy atom. The second kappa shape index (κ2) is 5.16. The maximum absolute atomic E-state index is 5.92. The number of rotatable bonds is 3. The molecule has 0 radical (unpaired) electrons. The third-order valence-electron chi connectivity index (χ3n) is 3.90. The molecule has 1 aliphatic rings. The van der Waals surface area contributed by atoms with E-state index >= 15 is 0 Å². The molecule has 1 N–H and O–H groups in total. The van der Waals surface area contributed by atoms with Crippen molar-refractivity contribution in [2.45, 2.75) is 12.8 Å². The fraction of sp³-hybridized carbons (Fsp3) is 0.333. The molecular weight excluding hydrogens is 288 g/mol. The van der Waals surface area contributed by atoms with Crippen LogP contribution in [0.2, 0.25) is 5.22 Å². The highest BCUT2D eigenvalue weighted by molar-refractivity contribution is 6.28. The summed E-state index contributed by atoms with van der Waals surface area (Å²) in [6, 6.07) is 7.47. The van der Waals surface area contributed by atoms with Gasteiger partial charge in [0.15, 0.2) is 10.9 Å². The van der Waals surface area contributed by atoms with Crippen LogP contribution < -0.4 is 5.32 Å². The highest BCUT2D eigenvalue weighted by atomic mass is 35.5. The molecule has 4 rings (SSSR count). The fourth-order valence-corrected chi connectivity index (χ4v) is 3.04. The van der Waals surface area contributed by atoms with Gasteiger partial charge in [0, 0.05) is 18.7 Å². The topological polar surface area (TPSA) is 55.9 Å². The molecule has 6 heteroatoms. The lowest BCUT2D eigenvalue weighted by atomic mass is 10.0. The normalized spacial score (nSPS) is 18.6. The first-order valence-corrected chi connectivity index (χ1v) is 7.48. The van der Waals surface area contributed by atoms with Crippen molar-refractivity contribution in [2.24, 2.45) is 5.92 Å². The summed E-state index contributed by atoms with van der Waals surface area (Å²) in [4.78, 5) is 9.18. The summed E-state index contributed by atoms with van der Waals surface area (Å²) in [5.41, 5.74) is 1.69. The van der Waals surface area contributed by atoms with Crippen LogP contribution in [0.25, 0.3) is 17.0 Å². The van der Waals surface area contributed by atoms with Gasteiger partial charge < -0.3 is 9.73 Å². The van der Waals surface area contributed by atoms with Crippen LogP contribution in [0.5, 0.6) is 0 Å². The molecule has 1 saturated heterocycles. The summed E-state index contributed by atoms with van der Waals surface area (Å²) < 4.78 is 7.55. The van der Waals surface area contributed by atoms with E-state index in [1.807, 2.05) is 22.8 Å². The standard InChI is InChI=1S/C15H15ClN4O/c16-12-3-4-14(21-12)20-13(8-10-5-7-17-9-10)19-11-2-1-6-18-15(11)20/h1-4,6,10,17H,5,7-9H2. The highest BCUT2D eigenvalue weighted by Crippen LogP contribution is 2.25. The molecule has 0 aliphatic carbocycles. The Kier molecular flexibility index (Phi) is 3.16. The molecule has 0 aromatic carbocycles. The molecule has 5 nitrogen and oxygen atoms in total. The molecule has 1 unspecified atom stereocenters. The van der Waals surface area contributed by atoms with Gasteiger partial charge in [-0.3, -0.25) is 0 Å². The van der Waals surface area contributed by atoms with Gasteiger partial charge >= 0.3 is 0 Å². The molecule has 1 atom stereocenters. The van der Waals surface area contributed by atoms with Crippen molar-refractivity contribution in [1.82, 2.24) is 19.9 Å². The van der Waals surface area contributed by atoms with Crippen LogP contribution >= 0.6 is 11.6 Å². The van der Waals surface area contributed by atoms with Gasteiger partial charge in [-0.25, -0.2) is 14.5 Å². The largest absolute Gasteiger partial charge is 0.428 e. The predicted octanol–water partition coefficient (Wildman–Crippen LogP) is 2.82. The number of halogens is 1. The molecule has 0 bridgehead atoms. The van der Waals surface area contributed by atoms with Crippen molar-refractivity contribution >= 4 is 22.8 Å². The minimum Gasteiger partial charge on any atom is -0.428 e. The maximum atomic E-state index is 5.92. The fourth-order valence-electron chi connectivity index (χ4n) is 2.90. The zero-order valence-electron chi connectivity index (χ0n) is 11.4. The monoisotopic (exact) mass is 302 g/mol. The van der Waals surface area contributed by atoms with Gasteiger partial charge in [-0.05, 0) is 55.2 Å². The summed E-state index contributed by atoms with van der Waals surface area (Å²) >= 11 is 5.92. The van der Waals surface area contributed by atoms with Gasteiger partial charge in [-0.15, -0.1) is 0 Å². The SMILES string of the molecule is Clc1ccc(-n2c(CC3CCNC3)nc3cccnc32)o1. The van der Waals surface area contributed by atoms with Gasteiger partial charge in [0.2, 0.25) is 5.88 Å². The first-order valence-electron chi connectivity index (χ1n) is 7.10. The maximum Gasteiger partial charge on any atom is 0.208 e. The second-order valence-electron chi connectivity index (χ2n) is 5.35. The molecule has 3 aromatic heterocycles. The molecule has 21 heavy (non-hydrogen) atoms. The smallest absolute Gasteiger partial charge is 0.208 e. The van der Waals surface area contributed by atoms with E-state index in [9.17, 15) is 0 Å². The minimum atomic E-state index is 0.372. The Bertz CT molecular complexity index is 773. The Labute approximate surface area is 126 Å². The van der Waals surface area contributed by atoms with Gasteiger partial charge in [0.25, 0.3) is 0 Å². The molecule has 0 spiro atoms. The number of nitrogens with one attached hydrogen (secondary N) is 1. The summed E-state index contributed by atoms with van der Waals surface area (Å²) in [6.07, 6.45) is 3.85. The quantitative estimate of drug-likeness (QED) is 0.808. The van der Waals surface area contributed by atoms with Crippen molar-refractivity contribution < 1.29 is 4.42 Å². The van der Waals surface area contributed by atoms with Crippen molar-refractivity contribution in [1.29, 1.82) is 0 Å². The Morgan fingerprint density at radius 2 is 2.33 bits per heavy atom. The minimum absolute atomic E-state index is 0.372. The Morgan fingerprint density at radius 3 is 3.10 bits per heavy atom. The number of imidazole rings is 1. The van der Waals surface area contributed by atoms with Crippen LogP contribution in [-0.4, -0.2) is 27.6 Å². The molecule has 1 aliphatic heterocycles. The molecular formula is C15H15ClN4O. The van der Waals surface area contributed by atoms with E-state index in [0.29, 0.717) is 17.0 Å². The van der Waals surface area contributed by atoms with E-state index in [0.717, 1.165) is 36.5 Å². The van der Waals surface area contributed by atoms with Crippen LogP contribution in [0.1, 0.15) is 12.2 Å². The summed E-state index contributed by atoms with van der Waals surface area (Å²) in [6.45, 7) is 2.12. The van der Waals surface area contributed by atoms with Crippen LogP contribution in [0.15, 0.2) is 34.9 Å². The third-order valence-corrected chi connectivity index (χ3v) is 4.10. The summed E-state index contributed by atoms with van der Waals surface area (Å²) in [5.74, 6) is 2.25. The van der Waals surface area contributed by atoms with E-state index in [1.54, 1.807) is 12.3 Å². The van der Waals surface area contributed by atoms with Crippen molar-refractivity contribution in [3.8, 4) is 5.88 Å². The molecule has 1 fully saturated rings. The van der Waals surface area contributed by atoms with Crippen molar-refractivity contribution in [3.05, 3.63) is 41.5 Å². The van der Waals surface area contributed by atoms with Gasteiger partial charge in [-0.2, -0.15) is 0 Å². The molecule has 4 heterocycles. The van der Waals surface area contributed by atoms with Crippen LogP contribution in [-0.2, 0) is 6.42 Å². The number of hydrogen-bond acceptors (Lipinski definition) is 4. The highest BCUT2D eigenvalue weighted by Gasteiger charge is 2.21. The average molecular weight is 303 g/mol.